The topological polar surface area (TPSA) is 52.6 Å². The third-order valence-electron chi connectivity index (χ3n) is 5.32. The smallest absolute Gasteiger partial charge is 0.334 e. The standard InChI is InChI=1S/C21H34O4/c1-17(21(23)25-19-14-10-6-3-7-11-15-19)16-20(22)24-18-12-8-4-2-5-9-13-18/h18-19H,1-16H2. The largest absolute Gasteiger partial charge is 0.462 e. The van der Waals surface area contributed by atoms with Crippen LogP contribution in [0.1, 0.15) is 96.3 Å². The summed E-state index contributed by atoms with van der Waals surface area (Å²) in [6.07, 6.45) is 15.5. The Balaban J connectivity index is 1.71. The van der Waals surface area contributed by atoms with Crippen LogP contribution in [-0.4, -0.2) is 24.1 Å². The van der Waals surface area contributed by atoms with Gasteiger partial charge in [-0.15, -0.1) is 0 Å². The highest BCUT2D eigenvalue weighted by Gasteiger charge is 2.22. The molecule has 0 aromatic heterocycles. The fourth-order valence-corrected chi connectivity index (χ4v) is 3.78. The van der Waals surface area contributed by atoms with Gasteiger partial charge in [-0.1, -0.05) is 45.1 Å². The van der Waals surface area contributed by atoms with E-state index in [1.807, 2.05) is 0 Å². The van der Waals surface area contributed by atoms with E-state index in [1.165, 1.54) is 38.5 Å². The second-order valence-corrected chi connectivity index (χ2v) is 7.61. The molecule has 142 valence electrons. The van der Waals surface area contributed by atoms with Crippen molar-refractivity contribution in [2.24, 2.45) is 0 Å². The molecule has 2 aliphatic rings. The van der Waals surface area contributed by atoms with Crippen LogP contribution in [0.5, 0.6) is 0 Å². The molecule has 0 saturated heterocycles. The van der Waals surface area contributed by atoms with Gasteiger partial charge in [-0.05, 0) is 51.4 Å². The maximum absolute atomic E-state index is 12.2. The average Bonchev–Trinajstić information content (AvgIpc) is 2.52. The summed E-state index contributed by atoms with van der Waals surface area (Å²) in [5, 5.41) is 0. The lowest BCUT2D eigenvalue weighted by Gasteiger charge is -2.22. The predicted octanol–water partition coefficient (Wildman–Crippen LogP) is 5.24. The van der Waals surface area contributed by atoms with Crippen molar-refractivity contribution in [3.8, 4) is 0 Å². The van der Waals surface area contributed by atoms with Crippen molar-refractivity contribution in [3.05, 3.63) is 12.2 Å². The maximum Gasteiger partial charge on any atom is 0.334 e. The number of rotatable bonds is 5. The number of hydrogen-bond donors (Lipinski definition) is 0. The SMILES string of the molecule is C=C(CC(=O)OC1CCCCCCC1)C(=O)OC1CCCCCCC1. The quantitative estimate of drug-likeness (QED) is 0.502. The Morgan fingerprint density at radius 1 is 0.680 bits per heavy atom. The van der Waals surface area contributed by atoms with Gasteiger partial charge in [0, 0.05) is 5.57 Å². The highest BCUT2D eigenvalue weighted by atomic mass is 16.6. The maximum atomic E-state index is 12.2. The first kappa shape index (κ1) is 20.0. The van der Waals surface area contributed by atoms with E-state index in [4.69, 9.17) is 9.47 Å². The van der Waals surface area contributed by atoms with E-state index < -0.39 is 5.97 Å². The molecule has 0 aromatic carbocycles. The molecule has 0 amide bonds. The Labute approximate surface area is 152 Å². The first-order valence-corrected chi connectivity index (χ1v) is 10.2. The molecular weight excluding hydrogens is 316 g/mol. The summed E-state index contributed by atoms with van der Waals surface area (Å²) >= 11 is 0. The molecule has 0 heterocycles. The first-order valence-electron chi connectivity index (χ1n) is 10.2. The Kier molecular flexibility index (Phi) is 9.06. The predicted molar refractivity (Wildman–Crippen MR) is 98.2 cm³/mol. The minimum atomic E-state index is -0.430. The molecule has 2 rings (SSSR count). The van der Waals surface area contributed by atoms with Gasteiger partial charge in [0.15, 0.2) is 0 Å². The molecule has 0 atom stereocenters. The van der Waals surface area contributed by atoms with Gasteiger partial charge >= 0.3 is 11.9 Å². The molecule has 0 aromatic rings. The van der Waals surface area contributed by atoms with Gasteiger partial charge < -0.3 is 9.47 Å². The summed E-state index contributed by atoms with van der Waals surface area (Å²) in [5.74, 6) is -0.773. The second kappa shape index (κ2) is 11.3. The van der Waals surface area contributed by atoms with Crippen molar-refractivity contribution in [3.63, 3.8) is 0 Å². The Morgan fingerprint density at radius 3 is 1.56 bits per heavy atom. The van der Waals surface area contributed by atoms with Crippen molar-refractivity contribution in [2.45, 2.75) is 109 Å². The van der Waals surface area contributed by atoms with Crippen LogP contribution in [0.4, 0.5) is 0 Å². The molecule has 0 radical (unpaired) electrons. The Hall–Kier alpha value is -1.32. The van der Waals surface area contributed by atoms with E-state index in [0.717, 1.165) is 51.4 Å². The minimum absolute atomic E-state index is 0.00206. The molecule has 2 fully saturated rings. The third-order valence-corrected chi connectivity index (χ3v) is 5.32. The van der Waals surface area contributed by atoms with Crippen molar-refractivity contribution in [1.29, 1.82) is 0 Å². The van der Waals surface area contributed by atoms with E-state index >= 15 is 0 Å². The number of carbonyl (C=O) groups excluding carboxylic acids is 2. The zero-order chi connectivity index (χ0) is 17.9. The Bertz CT molecular complexity index is 427. The fourth-order valence-electron chi connectivity index (χ4n) is 3.78. The molecule has 4 heteroatoms. The summed E-state index contributed by atoms with van der Waals surface area (Å²) in [4.78, 5) is 24.3. The highest BCUT2D eigenvalue weighted by molar-refractivity contribution is 5.93. The van der Waals surface area contributed by atoms with Crippen LogP contribution in [0.15, 0.2) is 12.2 Å². The number of hydrogen-bond acceptors (Lipinski definition) is 4. The van der Waals surface area contributed by atoms with Gasteiger partial charge in [0.2, 0.25) is 0 Å². The molecule has 4 nitrogen and oxygen atoms in total. The first-order chi connectivity index (χ1) is 12.1. The van der Waals surface area contributed by atoms with Crippen LogP contribution < -0.4 is 0 Å². The number of esters is 2. The molecule has 0 bridgehead atoms. The molecule has 0 N–H and O–H groups in total. The molecule has 0 aliphatic heterocycles. The summed E-state index contributed by atoms with van der Waals surface area (Å²) in [7, 11) is 0. The van der Waals surface area contributed by atoms with Gasteiger partial charge in [0.25, 0.3) is 0 Å². The third kappa shape index (κ3) is 8.06. The monoisotopic (exact) mass is 350 g/mol. The molecule has 25 heavy (non-hydrogen) atoms. The van der Waals surface area contributed by atoms with Crippen LogP contribution in [0.25, 0.3) is 0 Å². The summed E-state index contributed by atoms with van der Waals surface area (Å²) in [5.41, 5.74) is 0.220. The molecule has 0 unspecified atom stereocenters. The summed E-state index contributed by atoms with van der Waals surface area (Å²) in [6.45, 7) is 3.75. The lowest BCUT2D eigenvalue weighted by Crippen LogP contribution is -2.23. The molecular formula is C21H34O4. The van der Waals surface area contributed by atoms with Crippen LogP contribution >= 0.6 is 0 Å². The van der Waals surface area contributed by atoms with Crippen LogP contribution in [-0.2, 0) is 19.1 Å². The summed E-state index contributed by atoms with van der Waals surface area (Å²) < 4.78 is 11.1. The van der Waals surface area contributed by atoms with Crippen LogP contribution in [0.3, 0.4) is 0 Å². The normalized spacial score (nSPS) is 21.3. The average molecular weight is 350 g/mol. The summed E-state index contributed by atoms with van der Waals surface area (Å²) in [6, 6.07) is 0. The zero-order valence-electron chi connectivity index (χ0n) is 15.6. The molecule has 2 aliphatic carbocycles. The van der Waals surface area contributed by atoms with E-state index in [9.17, 15) is 9.59 Å². The van der Waals surface area contributed by atoms with E-state index in [2.05, 4.69) is 6.58 Å². The van der Waals surface area contributed by atoms with Crippen molar-refractivity contribution in [2.75, 3.05) is 0 Å². The van der Waals surface area contributed by atoms with Gasteiger partial charge in [-0.25, -0.2) is 4.79 Å². The van der Waals surface area contributed by atoms with E-state index in [-0.39, 0.29) is 30.2 Å². The fraction of sp³-hybridized carbons (Fsp3) is 0.810. The lowest BCUT2D eigenvalue weighted by atomic mass is 9.98. The Morgan fingerprint density at radius 2 is 1.08 bits per heavy atom. The number of ether oxygens (including phenoxy) is 2. The van der Waals surface area contributed by atoms with Crippen LogP contribution in [0.2, 0.25) is 0 Å². The van der Waals surface area contributed by atoms with Crippen LogP contribution in [0, 0.1) is 0 Å². The van der Waals surface area contributed by atoms with Gasteiger partial charge in [-0.2, -0.15) is 0 Å². The van der Waals surface area contributed by atoms with Crippen molar-refractivity contribution in [1.82, 2.24) is 0 Å². The van der Waals surface area contributed by atoms with E-state index in [1.54, 1.807) is 0 Å². The second-order valence-electron chi connectivity index (χ2n) is 7.61. The zero-order valence-corrected chi connectivity index (χ0v) is 15.6. The molecule has 0 spiro atoms. The van der Waals surface area contributed by atoms with Gasteiger partial charge in [-0.3, -0.25) is 4.79 Å². The van der Waals surface area contributed by atoms with Gasteiger partial charge in [0.05, 0.1) is 6.42 Å². The van der Waals surface area contributed by atoms with Crippen molar-refractivity contribution < 1.29 is 19.1 Å². The van der Waals surface area contributed by atoms with Gasteiger partial charge in [0.1, 0.15) is 12.2 Å². The van der Waals surface area contributed by atoms with E-state index in [0.29, 0.717) is 0 Å². The minimum Gasteiger partial charge on any atom is -0.462 e. The lowest BCUT2D eigenvalue weighted by molar-refractivity contribution is -0.152. The molecule has 2 saturated carbocycles. The van der Waals surface area contributed by atoms with Crippen molar-refractivity contribution >= 4 is 11.9 Å². The highest BCUT2D eigenvalue weighted by Crippen LogP contribution is 2.22. The number of carbonyl (C=O) groups is 2.